The number of hydrogen-bond donors (Lipinski definition) is 2. The number of hydrogen-bond acceptors (Lipinski definition) is 3. The fourth-order valence-corrected chi connectivity index (χ4v) is 2.80. The standard InChI is InChI=1S/C9H21N3O2S2/c1-4-6-11-16(13,14)12(8(2)3)7-5-9(10)15/h8,11H,4-7H2,1-3H3,(H2,10,15). The van der Waals surface area contributed by atoms with E-state index in [1.165, 1.54) is 4.31 Å². The molecule has 0 atom stereocenters. The van der Waals surface area contributed by atoms with Crippen LogP contribution in [0.25, 0.3) is 0 Å². The van der Waals surface area contributed by atoms with Crippen LogP contribution >= 0.6 is 12.2 Å². The zero-order valence-electron chi connectivity index (χ0n) is 10.1. The third kappa shape index (κ3) is 5.74. The van der Waals surface area contributed by atoms with Crippen LogP contribution in [0, 0.1) is 0 Å². The number of nitrogens with zero attached hydrogens (tertiary/aromatic N) is 1. The van der Waals surface area contributed by atoms with Crippen LogP contribution in [0.4, 0.5) is 0 Å². The number of thiocarbonyl (C=S) groups is 1. The highest BCUT2D eigenvalue weighted by Gasteiger charge is 2.23. The lowest BCUT2D eigenvalue weighted by molar-refractivity contribution is 0.356. The molecule has 0 spiro atoms. The van der Waals surface area contributed by atoms with Crippen molar-refractivity contribution < 1.29 is 8.42 Å². The highest BCUT2D eigenvalue weighted by molar-refractivity contribution is 7.87. The molecule has 0 aliphatic carbocycles. The maximum Gasteiger partial charge on any atom is 0.279 e. The largest absolute Gasteiger partial charge is 0.393 e. The number of nitrogens with two attached hydrogens (primary N) is 1. The van der Waals surface area contributed by atoms with Gasteiger partial charge < -0.3 is 5.73 Å². The molecule has 3 N–H and O–H groups in total. The summed E-state index contributed by atoms with van der Waals surface area (Å²) in [5, 5.41) is 0. The first-order chi connectivity index (χ1) is 7.31. The van der Waals surface area contributed by atoms with Gasteiger partial charge in [-0.3, -0.25) is 0 Å². The molecule has 0 fully saturated rings. The summed E-state index contributed by atoms with van der Waals surface area (Å²) in [7, 11) is -3.41. The second kappa shape index (κ2) is 7.16. The SMILES string of the molecule is CCCNS(=O)(=O)N(CCC(N)=S)C(C)C. The first kappa shape index (κ1) is 15.8. The Morgan fingerprint density at radius 3 is 2.44 bits per heavy atom. The van der Waals surface area contributed by atoms with Crippen molar-refractivity contribution >= 4 is 27.4 Å². The monoisotopic (exact) mass is 267 g/mol. The lowest BCUT2D eigenvalue weighted by Crippen LogP contribution is -2.45. The van der Waals surface area contributed by atoms with E-state index in [0.717, 1.165) is 6.42 Å². The van der Waals surface area contributed by atoms with E-state index in [0.29, 0.717) is 24.5 Å². The molecular weight excluding hydrogens is 246 g/mol. The van der Waals surface area contributed by atoms with Crippen molar-refractivity contribution in [1.82, 2.24) is 9.03 Å². The van der Waals surface area contributed by atoms with E-state index in [1.54, 1.807) is 0 Å². The van der Waals surface area contributed by atoms with Crippen molar-refractivity contribution in [2.45, 2.75) is 39.7 Å². The molecule has 5 nitrogen and oxygen atoms in total. The zero-order valence-corrected chi connectivity index (χ0v) is 11.7. The Morgan fingerprint density at radius 2 is 2.06 bits per heavy atom. The van der Waals surface area contributed by atoms with Crippen molar-refractivity contribution in [2.75, 3.05) is 13.1 Å². The van der Waals surface area contributed by atoms with E-state index >= 15 is 0 Å². The number of rotatable bonds is 8. The van der Waals surface area contributed by atoms with Crippen LogP contribution < -0.4 is 10.5 Å². The van der Waals surface area contributed by atoms with Gasteiger partial charge in [-0.2, -0.15) is 12.7 Å². The summed E-state index contributed by atoms with van der Waals surface area (Å²) >= 11 is 4.75. The third-order valence-electron chi connectivity index (χ3n) is 2.00. The van der Waals surface area contributed by atoms with E-state index < -0.39 is 10.2 Å². The normalized spacial score (nSPS) is 12.3. The fourth-order valence-electron chi connectivity index (χ4n) is 1.19. The molecule has 0 aromatic rings. The first-order valence-corrected chi connectivity index (χ1v) is 7.20. The van der Waals surface area contributed by atoms with Crippen LogP contribution in [0.15, 0.2) is 0 Å². The van der Waals surface area contributed by atoms with Gasteiger partial charge in [0.15, 0.2) is 0 Å². The molecule has 0 saturated heterocycles. The Labute approximate surface area is 104 Å². The molecule has 0 bridgehead atoms. The Morgan fingerprint density at radius 1 is 1.50 bits per heavy atom. The molecular formula is C9H21N3O2S2. The molecule has 0 heterocycles. The molecule has 96 valence electrons. The topological polar surface area (TPSA) is 75.4 Å². The Kier molecular flexibility index (Phi) is 7.05. The Balaban J connectivity index is 4.57. The average molecular weight is 267 g/mol. The fraction of sp³-hybridized carbons (Fsp3) is 0.889. The molecule has 0 aliphatic heterocycles. The summed E-state index contributed by atoms with van der Waals surface area (Å²) in [5.41, 5.74) is 5.37. The van der Waals surface area contributed by atoms with Gasteiger partial charge in [0.2, 0.25) is 0 Å². The Bertz CT molecular complexity index is 315. The summed E-state index contributed by atoms with van der Waals surface area (Å²) in [4.78, 5) is 0.330. The summed E-state index contributed by atoms with van der Waals surface area (Å²) in [6.07, 6.45) is 1.17. The van der Waals surface area contributed by atoms with Gasteiger partial charge in [-0.05, 0) is 20.3 Å². The molecule has 0 amide bonds. The van der Waals surface area contributed by atoms with Crippen LogP contribution in [0.1, 0.15) is 33.6 Å². The summed E-state index contributed by atoms with van der Waals surface area (Å²) < 4.78 is 27.7. The van der Waals surface area contributed by atoms with Gasteiger partial charge in [0.05, 0.1) is 4.99 Å². The molecule has 0 rings (SSSR count). The predicted molar refractivity (Wildman–Crippen MR) is 70.5 cm³/mol. The maximum absolute atomic E-state index is 11.9. The van der Waals surface area contributed by atoms with E-state index in [2.05, 4.69) is 4.72 Å². The Hall–Kier alpha value is -0.240. The average Bonchev–Trinajstić information content (AvgIpc) is 2.13. The van der Waals surface area contributed by atoms with Gasteiger partial charge in [0, 0.05) is 25.6 Å². The quantitative estimate of drug-likeness (QED) is 0.632. The lowest BCUT2D eigenvalue weighted by Gasteiger charge is -2.25. The molecule has 0 aromatic carbocycles. The lowest BCUT2D eigenvalue weighted by atomic mass is 10.3. The van der Waals surface area contributed by atoms with E-state index in [4.69, 9.17) is 18.0 Å². The molecule has 7 heteroatoms. The molecule has 0 unspecified atom stereocenters. The summed E-state index contributed by atoms with van der Waals surface area (Å²) in [6, 6.07) is -0.108. The minimum Gasteiger partial charge on any atom is -0.393 e. The van der Waals surface area contributed by atoms with Crippen LogP contribution in [0.3, 0.4) is 0 Å². The van der Waals surface area contributed by atoms with Gasteiger partial charge in [0.1, 0.15) is 0 Å². The molecule has 16 heavy (non-hydrogen) atoms. The summed E-state index contributed by atoms with van der Waals surface area (Å²) in [6.45, 7) is 6.33. The molecule has 0 saturated carbocycles. The second-order valence-corrected chi connectivity index (χ2v) is 6.05. The van der Waals surface area contributed by atoms with Crippen molar-refractivity contribution in [2.24, 2.45) is 5.73 Å². The van der Waals surface area contributed by atoms with Gasteiger partial charge in [-0.15, -0.1) is 0 Å². The van der Waals surface area contributed by atoms with Crippen LogP contribution in [0.2, 0.25) is 0 Å². The van der Waals surface area contributed by atoms with Crippen molar-refractivity contribution in [3.63, 3.8) is 0 Å². The smallest absolute Gasteiger partial charge is 0.279 e. The zero-order chi connectivity index (χ0) is 12.8. The molecule has 0 radical (unpaired) electrons. The van der Waals surface area contributed by atoms with Crippen LogP contribution in [-0.4, -0.2) is 36.8 Å². The predicted octanol–water partition coefficient (Wildman–Crippen LogP) is 0.617. The van der Waals surface area contributed by atoms with Crippen molar-refractivity contribution in [3.05, 3.63) is 0 Å². The summed E-state index contributed by atoms with van der Waals surface area (Å²) in [5.74, 6) is 0. The highest BCUT2D eigenvalue weighted by atomic mass is 32.2. The van der Waals surface area contributed by atoms with Crippen LogP contribution in [-0.2, 0) is 10.2 Å². The minimum absolute atomic E-state index is 0.108. The van der Waals surface area contributed by atoms with E-state index in [1.807, 2.05) is 20.8 Å². The molecule has 0 aliphatic rings. The third-order valence-corrected chi connectivity index (χ3v) is 3.99. The van der Waals surface area contributed by atoms with Gasteiger partial charge in [-0.1, -0.05) is 19.1 Å². The number of nitrogens with one attached hydrogen (secondary N) is 1. The van der Waals surface area contributed by atoms with Crippen molar-refractivity contribution in [3.8, 4) is 0 Å². The van der Waals surface area contributed by atoms with Gasteiger partial charge in [0.25, 0.3) is 10.2 Å². The van der Waals surface area contributed by atoms with Crippen molar-refractivity contribution in [1.29, 1.82) is 0 Å². The molecule has 0 aromatic heterocycles. The highest BCUT2D eigenvalue weighted by Crippen LogP contribution is 2.06. The second-order valence-electron chi connectivity index (χ2n) is 3.82. The maximum atomic E-state index is 11.9. The van der Waals surface area contributed by atoms with Gasteiger partial charge in [-0.25, -0.2) is 4.72 Å². The van der Waals surface area contributed by atoms with Crippen LogP contribution in [0.5, 0.6) is 0 Å². The van der Waals surface area contributed by atoms with E-state index in [-0.39, 0.29) is 6.04 Å². The minimum atomic E-state index is -3.41. The first-order valence-electron chi connectivity index (χ1n) is 5.36. The van der Waals surface area contributed by atoms with Gasteiger partial charge >= 0.3 is 0 Å². The van der Waals surface area contributed by atoms with E-state index in [9.17, 15) is 8.42 Å².